The largest absolute Gasteiger partial charge is 0.433 e. The van der Waals surface area contributed by atoms with E-state index < -0.39 is 18.0 Å². The number of nitrogens with one attached hydrogen (secondary N) is 1. The maximum absolute atomic E-state index is 12.9. The second-order valence-corrected chi connectivity index (χ2v) is 9.25. The number of anilines is 2. The van der Waals surface area contributed by atoms with Crippen LogP contribution in [0.2, 0.25) is 0 Å². The van der Waals surface area contributed by atoms with Gasteiger partial charge in [0, 0.05) is 35.2 Å². The summed E-state index contributed by atoms with van der Waals surface area (Å²) in [5, 5.41) is 14.0. The van der Waals surface area contributed by atoms with Gasteiger partial charge in [-0.25, -0.2) is 15.0 Å². The van der Waals surface area contributed by atoms with Crippen molar-refractivity contribution in [3.05, 3.63) is 81.4 Å². The Bertz CT molecular complexity index is 1260. The minimum Gasteiger partial charge on any atom is -0.386 e. The molecule has 0 amide bonds. The van der Waals surface area contributed by atoms with Gasteiger partial charge in [0.25, 0.3) is 0 Å². The zero-order valence-corrected chi connectivity index (χ0v) is 19.5. The van der Waals surface area contributed by atoms with Gasteiger partial charge in [-0.2, -0.15) is 13.2 Å². The van der Waals surface area contributed by atoms with Gasteiger partial charge < -0.3 is 10.4 Å². The van der Waals surface area contributed by atoms with Gasteiger partial charge in [-0.05, 0) is 64.3 Å². The van der Waals surface area contributed by atoms with E-state index in [1.54, 1.807) is 30.6 Å². The lowest BCUT2D eigenvalue weighted by molar-refractivity contribution is -0.141. The van der Waals surface area contributed by atoms with E-state index in [2.05, 4.69) is 41.2 Å². The number of aryl methyl sites for hydroxylation is 1. The summed E-state index contributed by atoms with van der Waals surface area (Å²) in [6.07, 6.45) is -0.621. The molecule has 3 aromatic heterocycles. The van der Waals surface area contributed by atoms with Crippen molar-refractivity contribution in [2.45, 2.75) is 25.6 Å². The third-order valence-electron chi connectivity index (χ3n) is 4.58. The number of hydrogen-bond acceptors (Lipinski definition) is 7. The topological polar surface area (TPSA) is 83.8 Å². The molecular weight excluding hydrogens is 519 g/mol. The molecule has 4 aromatic rings. The highest BCUT2D eigenvalue weighted by atomic mass is 79.9. The summed E-state index contributed by atoms with van der Waals surface area (Å²) in [4.78, 5) is 16.9. The van der Waals surface area contributed by atoms with Crippen molar-refractivity contribution in [2.75, 3.05) is 5.32 Å². The first-order valence-corrected chi connectivity index (χ1v) is 11.3. The highest BCUT2D eigenvalue weighted by molar-refractivity contribution is 9.10. The Morgan fingerprint density at radius 2 is 1.91 bits per heavy atom. The van der Waals surface area contributed by atoms with Gasteiger partial charge >= 0.3 is 6.18 Å². The molecule has 0 bridgehead atoms. The summed E-state index contributed by atoms with van der Waals surface area (Å²) in [5.41, 5.74) is 1.83. The average Bonchev–Trinajstić information content (AvgIpc) is 3.22. The van der Waals surface area contributed by atoms with Gasteiger partial charge in [0.1, 0.15) is 11.8 Å². The van der Waals surface area contributed by atoms with Crippen molar-refractivity contribution in [1.29, 1.82) is 0 Å². The van der Waals surface area contributed by atoms with E-state index >= 15 is 0 Å². The predicted octanol–water partition coefficient (Wildman–Crippen LogP) is 6.10. The molecular formula is C22H17BrF3N5OS. The maximum Gasteiger partial charge on any atom is 0.433 e. The normalized spacial score (nSPS) is 12.5. The summed E-state index contributed by atoms with van der Waals surface area (Å²) in [6, 6.07) is 9.91. The van der Waals surface area contributed by atoms with Crippen molar-refractivity contribution in [2.24, 2.45) is 0 Å². The molecule has 0 aliphatic carbocycles. The molecule has 0 saturated heterocycles. The van der Waals surface area contributed by atoms with Gasteiger partial charge in [-0.15, -0.1) is 11.3 Å². The van der Waals surface area contributed by atoms with Crippen molar-refractivity contribution >= 4 is 38.9 Å². The number of hydrogen-bond donors (Lipinski definition) is 2. The molecule has 11 heteroatoms. The molecule has 1 atom stereocenters. The number of aliphatic hydroxyl groups is 1. The number of halogens is 4. The molecule has 0 radical (unpaired) electrons. The molecule has 6 nitrogen and oxygen atoms in total. The number of aromatic nitrogens is 4. The lowest BCUT2D eigenvalue weighted by Gasteiger charge is -2.10. The molecule has 4 rings (SSSR count). The summed E-state index contributed by atoms with van der Waals surface area (Å²) >= 11 is 4.74. The van der Waals surface area contributed by atoms with Crippen molar-refractivity contribution in [3.8, 4) is 10.4 Å². The molecule has 0 aliphatic heterocycles. The number of aliphatic hydroxyl groups excluding tert-OH is 1. The van der Waals surface area contributed by atoms with Crippen LogP contribution in [0.1, 0.15) is 28.1 Å². The minimum absolute atomic E-state index is 0.142. The maximum atomic E-state index is 12.9. The second kappa shape index (κ2) is 9.54. The predicted molar refractivity (Wildman–Crippen MR) is 123 cm³/mol. The van der Waals surface area contributed by atoms with Gasteiger partial charge in [0.05, 0.1) is 15.6 Å². The average molecular weight is 536 g/mol. The van der Waals surface area contributed by atoms with Crippen LogP contribution >= 0.6 is 27.3 Å². The van der Waals surface area contributed by atoms with E-state index in [9.17, 15) is 18.3 Å². The molecule has 3 heterocycles. The van der Waals surface area contributed by atoms with Crippen LogP contribution in [0.5, 0.6) is 0 Å². The van der Waals surface area contributed by atoms with Gasteiger partial charge in [0.15, 0.2) is 0 Å². The number of alkyl halides is 3. The van der Waals surface area contributed by atoms with Crippen LogP contribution < -0.4 is 5.32 Å². The molecule has 33 heavy (non-hydrogen) atoms. The SMILES string of the molecule is Cc1cc(Nc2nccc(C(F)(F)F)n2)cc(-c2cnc(CC(O)c3ccc(Br)cn3)s2)c1. The standard InChI is InChI=1S/C22H17BrF3N5OS/c1-12-6-13(8-15(7-12)30-21-27-5-4-19(31-21)22(24,25)26)18-11-29-20(33-18)9-17(32)16-3-2-14(23)10-28-16/h2-8,10-11,17,32H,9H2,1H3,(H,27,30,31). The summed E-state index contributed by atoms with van der Waals surface area (Å²) in [5.74, 6) is -0.142. The van der Waals surface area contributed by atoms with Crippen LogP contribution in [0, 0.1) is 6.92 Å². The van der Waals surface area contributed by atoms with Crippen LogP contribution in [-0.2, 0) is 12.6 Å². The fourth-order valence-electron chi connectivity index (χ4n) is 3.10. The third kappa shape index (κ3) is 5.92. The third-order valence-corrected chi connectivity index (χ3v) is 6.12. The van der Waals surface area contributed by atoms with Crippen LogP contribution in [0.4, 0.5) is 24.8 Å². The molecule has 0 saturated carbocycles. The first-order valence-electron chi connectivity index (χ1n) is 9.71. The Labute approximate surface area is 199 Å². The van der Waals surface area contributed by atoms with Crippen molar-refractivity contribution < 1.29 is 18.3 Å². The van der Waals surface area contributed by atoms with Gasteiger partial charge in [-0.3, -0.25) is 4.98 Å². The Kier molecular flexibility index (Phi) is 6.73. The molecule has 0 aliphatic rings. The van der Waals surface area contributed by atoms with Crippen LogP contribution in [-0.4, -0.2) is 25.0 Å². The fourth-order valence-corrected chi connectivity index (χ4v) is 4.27. The number of rotatable bonds is 6. The summed E-state index contributed by atoms with van der Waals surface area (Å²) in [6.45, 7) is 1.88. The smallest absolute Gasteiger partial charge is 0.386 e. The first kappa shape index (κ1) is 23.3. The number of nitrogens with zero attached hydrogens (tertiary/aromatic N) is 4. The summed E-state index contributed by atoms with van der Waals surface area (Å²) in [7, 11) is 0. The second-order valence-electron chi connectivity index (χ2n) is 7.22. The highest BCUT2D eigenvalue weighted by Crippen LogP contribution is 2.32. The Morgan fingerprint density at radius 1 is 1.09 bits per heavy atom. The van der Waals surface area contributed by atoms with E-state index in [0.29, 0.717) is 17.8 Å². The van der Waals surface area contributed by atoms with Crippen LogP contribution in [0.25, 0.3) is 10.4 Å². The molecule has 1 aromatic carbocycles. The Balaban J connectivity index is 1.52. The molecule has 0 spiro atoms. The van der Waals surface area contributed by atoms with Crippen molar-refractivity contribution in [1.82, 2.24) is 19.9 Å². The quantitative estimate of drug-likeness (QED) is 0.310. The van der Waals surface area contributed by atoms with E-state index in [1.807, 2.05) is 19.1 Å². The lowest BCUT2D eigenvalue weighted by Crippen LogP contribution is -2.10. The molecule has 2 N–H and O–H groups in total. The zero-order valence-electron chi connectivity index (χ0n) is 17.1. The molecule has 1 unspecified atom stereocenters. The van der Waals surface area contributed by atoms with Crippen molar-refractivity contribution in [3.63, 3.8) is 0 Å². The van der Waals surface area contributed by atoms with Gasteiger partial charge in [-0.1, -0.05) is 6.07 Å². The monoisotopic (exact) mass is 535 g/mol. The Hall–Kier alpha value is -2.89. The van der Waals surface area contributed by atoms with Crippen LogP contribution in [0.15, 0.2) is 59.5 Å². The van der Waals surface area contributed by atoms with Crippen LogP contribution in [0.3, 0.4) is 0 Å². The van der Waals surface area contributed by atoms with E-state index in [-0.39, 0.29) is 5.95 Å². The van der Waals surface area contributed by atoms with E-state index in [4.69, 9.17) is 0 Å². The number of thiazole rings is 1. The number of benzene rings is 1. The zero-order chi connectivity index (χ0) is 23.6. The minimum atomic E-state index is -4.55. The first-order chi connectivity index (χ1) is 15.7. The molecule has 170 valence electrons. The number of pyridine rings is 1. The van der Waals surface area contributed by atoms with E-state index in [0.717, 1.165) is 37.7 Å². The lowest BCUT2D eigenvalue weighted by atomic mass is 10.1. The fraction of sp³-hybridized carbons (Fsp3) is 0.182. The Morgan fingerprint density at radius 3 is 2.64 bits per heavy atom. The summed E-state index contributed by atoms with van der Waals surface area (Å²) < 4.78 is 39.6. The van der Waals surface area contributed by atoms with E-state index in [1.165, 1.54) is 11.3 Å². The molecule has 0 fully saturated rings. The van der Waals surface area contributed by atoms with Gasteiger partial charge in [0.2, 0.25) is 5.95 Å². The highest BCUT2D eigenvalue weighted by Gasteiger charge is 2.32.